The van der Waals surface area contributed by atoms with E-state index in [1.807, 2.05) is 54.6 Å². The van der Waals surface area contributed by atoms with Gasteiger partial charge in [-0.25, -0.2) is 4.79 Å². The van der Waals surface area contributed by atoms with E-state index >= 15 is 0 Å². The van der Waals surface area contributed by atoms with Gasteiger partial charge < -0.3 is 24.7 Å². The van der Waals surface area contributed by atoms with Gasteiger partial charge in [0, 0.05) is 0 Å². The number of ether oxygens (including phenoxy) is 4. The summed E-state index contributed by atoms with van der Waals surface area (Å²) in [6.07, 6.45) is 1.63. The van der Waals surface area contributed by atoms with Crippen LogP contribution >= 0.6 is 0 Å². The Hall–Kier alpha value is -4.26. The molecule has 0 spiro atoms. The summed E-state index contributed by atoms with van der Waals surface area (Å²) in [5.41, 5.74) is 8.65. The SMILES string of the molecule is COc1cc(/C=C(/C(=O)OCC(N)=O)c2ccc(-c3ccccc3)cc2)cc(OC)c1OC. The quantitative estimate of drug-likeness (QED) is 0.303. The van der Waals surface area contributed by atoms with Crippen molar-refractivity contribution in [2.75, 3.05) is 27.9 Å². The van der Waals surface area contributed by atoms with E-state index in [1.54, 1.807) is 18.2 Å². The molecule has 0 aliphatic rings. The predicted octanol–water partition coefficient (Wildman–Crippen LogP) is 3.95. The Bertz CT molecular complexity index is 1130. The highest BCUT2D eigenvalue weighted by atomic mass is 16.5. The Balaban J connectivity index is 2.06. The summed E-state index contributed by atoms with van der Waals surface area (Å²) in [6, 6.07) is 20.7. The minimum absolute atomic E-state index is 0.241. The monoisotopic (exact) mass is 447 g/mol. The first kappa shape index (κ1) is 23.4. The predicted molar refractivity (Wildman–Crippen MR) is 126 cm³/mol. The Kier molecular flexibility index (Phi) is 7.70. The number of primary amides is 1. The molecule has 3 rings (SSSR count). The number of carbonyl (C=O) groups excluding carboxylic acids is 2. The van der Waals surface area contributed by atoms with E-state index in [9.17, 15) is 9.59 Å². The maximum absolute atomic E-state index is 12.9. The number of rotatable bonds is 9. The lowest BCUT2D eigenvalue weighted by atomic mass is 9.98. The molecule has 0 bridgehead atoms. The van der Waals surface area contributed by atoms with Crippen molar-refractivity contribution in [2.24, 2.45) is 5.73 Å². The number of hydrogen-bond donors (Lipinski definition) is 1. The Labute approximate surface area is 192 Å². The van der Waals surface area contributed by atoms with Crippen molar-refractivity contribution in [1.82, 2.24) is 0 Å². The molecule has 7 nitrogen and oxygen atoms in total. The number of hydrogen-bond acceptors (Lipinski definition) is 6. The van der Waals surface area contributed by atoms with Crippen molar-refractivity contribution < 1.29 is 28.5 Å². The highest BCUT2D eigenvalue weighted by molar-refractivity contribution is 6.22. The molecule has 7 heteroatoms. The second kappa shape index (κ2) is 10.9. The molecule has 0 radical (unpaired) electrons. The third-order valence-corrected chi connectivity index (χ3v) is 4.87. The van der Waals surface area contributed by atoms with Gasteiger partial charge >= 0.3 is 5.97 Å². The van der Waals surface area contributed by atoms with E-state index in [0.717, 1.165) is 11.1 Å². The summed E-state index contributed by atoms with van der Waals surface area (Å²) in [7, 11) is 4.53. The smallest absolute Gasteiger partial charge is 0.339 e. The summed E-state index contributed by atoms with van der Waals surface area (Å²) in [6.45, 7) is -0.520. The minimum Gasteiger partial charge on any atom is -0.493 e. The van der Waals surface area contributed by atoms with Crippen LogP contribution in [-0.4, -0.2) is 39.8 Å². The molecule has 3 aromatic rings. The molecule has 0 heterocycles. The summed E-state index contributed by atoms with van der Waals surface area (Å²) in [5.74, 6) is -0.119. The highest BCUT2D eigenvalue weighted by Crippen LogP contribution is 2.39. The molecule has 0 aliphatic carbocycles. The fraction of sp³-hybridized carbons (Fsp3) is 0.154. The van der Waals surface area contributed by atoms with Crippen LogP contribution in [0.15, 0.2) is 66.7 Å². The summed E-state index contributed by atoms with van der Waals surface area (Å²) < 4.78 is 21.3. The van der Waals surface area contributed by atoms with E-state index in [2.05, 4.69) is 0 Å². The van der Waals surface area contributed by atoms with Gasteiger partial charge in [-0.15, -0.1) is 0 Å². The average molecular weight is 447 g/mol. The van der Waals surface area contributed by atoms with Crippen molar-refractivity contribution in [3.63, 3.8) is 0 Å². The lowest BCUT2D eigenvalue weighted by Gasteiger charge is -2.14. The number of nitrogens with two attached hydrogens (primary N) is 1. The van der Waals surface area contributed by atoms with Crippen molar-refractivity contribution in [2.45, 2.75) is 0 Å². The molecule has 0 aromatic heterocycles. The van der Waals surface area contributed by atoms with Crippen molar-refractivity contribution >= 4 is 23.5 Å². The maximum Gasteiger partial charge on any atom is 0.339 e. The lowest BCUT2D eigenvalue weighted by molar-refractivity contribution is -0.141. The molecular formula is C26H25NO6. The number of esters is 1. The Morgan fingerprint density at radius 3 is 1.91 bits per heavy atom. The van der Waals surface area contributed by atoms with Gasteiger partial charge in [0.25, 0.3) is 5.91 Å². The van der Waals surface area contributed by atoms with Crippen LogP contribution in [0, 0.1) is 0 Å². The van der Waals surface area contributed by atoms with Crippen LogP contribution in [0.4, 0.5) is 0 Å². The second-order valence-corrected chi connectivity index (χ2v) is 7.00. The zero-order valence-electron chi connectivity index (χ0n) is 18.7. The molecule has 0 saturated carbocycles. The fourth-order valence-electron chi connectivity index (χ4n) is 3.30. The summed E-state index contributed by atoms with van der Waals surface area (Å²) in [5, 5.41) is 0. The molecular weight excluding hydrogens is 422 g/mol. The molecule has 0 atom stereocenters. The number of amides is 1. The van der Waals surface area contributed by atoms with E-state index < -0.39 is 18.5 Å². The largest absolute Gasteiger partial charge is 0.493 e. The topological polar surface area (TPSA) is 97.1 Å². The van der Waals surface area contributed by atoms with Crippen molar-refractivity contribution in [3.8, 4) is 28.4 Å². The van der Waals surface area contributed by atoms with Crippen molar-refractivity contribution in [3.05, 3.63) is 77.9 Å². The third kappa shape index (κ3) is 5.71. The minimum atomic E-state index is -0.741. The van der Waals surface area contributed by atoms with Crippen LogP contribution in [-0.2, 0) is 14.3 Å². The van der Waals surface area contributed by atoms with E-state index in [1.165, 1.54) is 21.3 Å². The van der Waals surface area contributed by atoms with Crippen LogP contribution in [0.3, 0.4) is 0 Å². The van der Waals surface area contributed by atoms with Gasteiger partial charge in [-0.05, 0) is 40.5 Å². The lowest BCUT2D eigenvalue weighted by Crippen LogP contribution is -2.21. The van der Waals surface area contributed by atoms with E-state index in [-0.39, 0.29) is 5.57 Å². The number of carbonyl (C=O) groups is 2. The molecule has 33 heavy (non-hydrogen) atoms. The number of methoxy groups -OCH3 is 3. The molecule has 0 saturated heterocycles. The van der Waals surface area contributed by atoms with Gasteiger partial charge in [-0.1, -0.05) is 54.6 Å². The molecule has 0 fully saturated rings. The molecule has 3 aromatic carbocycles. The fourth-order valence-corrected chi connectivity index (χ4v) is 3.30. The number of benzene rings is 3. The van der Waals surface area contributed by atoms with Gasteiger partial charge in [-0.3, -0.25) is 4.79 Å². The zero-order chi connectivity index (χ0) is 23.8. The first-order valence-corrected chi connectivity index (χ1v) is 10.1. The van der Waals surface area contributed by atoms with Crippen LogP contribution in [0.1, 0.15) is 11.1 Å². The van der Waals surface area contributed by atoms with Gasteiger partial charge in [0.15, 0.2) is 18.1 Å². The van der Waals surface area contributed by atoms with Gasteiger partial charge in [0.05, 0.1) is 26.9 Å². The standard InChI is InChI=1S/C26H25NO6/c1-30-22-14-17(15-23(31-2)25(22)32-3)13-21(26(29)33-16-24(27)28)20-11-9-19(10-12-20)18-7-5-4-6-8-18/h4-15H,16H2,1-3H3,(H2,27,28)/b21-13+. The van der Waals surface area contributed by atoms with Crippen LogP contribution < -0.4 is 19.9 Å². The molecule has 0 aliphatic heterocycles. The van der Waals surface area contributed by atoms with Gasteiger partial charge in [0.1, 0.15) is 0 Å². The van der Waals surface area contributed by atoms with Gasteiger partial charge in [-0.2, -0.15) is 0 Å². The Morgan fingerprint density at radius 1 is 0.818 bits per heavy atom. The van der Waals surface area contributed by atoms with Gasteiger partial charge in [0.2, 0.25) is 5.75 Å². The maximum atomic E-state index is 12.9. The molecule has 0 unspecified atom stereocenters. The zero-order valence-corrected chi connectivity index (χ0v) is 18.7. The van der Waals surface area contributed by atoms with Crippen LogP contribution in [0.2, 0.25) is 0 Å². The summed E-state index contributed by atoms with van der Waals surface area (Å²) >= 11 is 0. The van der Waals surface area contributed by atoms with E-state index in [4.69, 9.17) is 24.7 Å². The third-order valence-electron chi connectivity index (χ3n) is 4.87. The van der Waals surface area contributed by atoms with Crippen LogP contribution in [0.5, 0.6) is 17.2 Å². The van der Waals surface area contributed by atoms with Crippen molar-refractivity contribution in [1.29, 1.82) is 0 Å². The first-order valence-electron chi connectivity index (χ1n) is 10.1. The first-order chi connectivity index (χ1) is 16.0. The molecule has 2 N–H and O–H groups in total. The normalized spacial score (nSPS) is 10.9. The van der Waals surface area contributed by atoms with Crippen LogP contribution in [0.25, 0.3) is 22.8 Å². The Morgan fingerprint density at radius 2 is 1.39 bits per heavy atom. The molecule has 1 amide bonds. The average Bonchev–Trinajstić information content (AvgIpc) is 2.85. The second-order valence-electron chi connectivity index (χ2n) is 7.00. The summed E-state index contributed by atoms with van der Waals surface area (Å²) in [4.78, 5) is 24.0. The molecule has 170 valence electrons. The van der Waals surface area contributed by atoms with E-state index in [0.29, 0.717) is 28.4 Å². The highest BCUT2D eigenvalue weighted by Gasteiger charge is 2.18.